The predicted molar refractivity (Wildman–Crippen MR) is 120 cm³/mol. The molecule has 0 aliphatic rings. The monoisotopic (exact) mass is 491 g/mol. The summed E-state index contributed by atoms with van der Waals surface area (Å²) in [6.07, 6.45) is -4.43. The number of pyridine rings is 2. The molecule has 0 saturated carbocycles. The van der Waals surface area contributed by atoms with Gasteiger partial charge in [0.15, 0.2) is 0 Å². The summed E-state index contributed by atoms with van der Waals surface area (Å²) in [5.41, 5.74) is 0.437. The van der Waals surface area contributed by atoms with Crippen molar-refractivity contribution >= 4 is 16.7 Å². The second-order valence-electron chi connectivity index (χ2n) is 7.30. The van der Waals surface area contributed by atoms with E-state index in [9.17, 15) is 26.7 Å². The average Bonchev–Trinajstić information content (AvgIpc) is 2.84. The van der Waals surface area contributed by atoms with E-state index >= 15 is 0 Å². The van der Waals surface area contributed by atoms with Gasteiger partial charge >= 0.3 is 6.61 Å². The first-order chi connectivity index (χ1) is 16.8. The lowest BCUT2D eigenvalue weighted by Crippen LogP contribution is -2.23. The molecule has 2 aromatic carbocycles. The first-order valence-electron chi connectivity index (χ1n) is 10.2. The number of methoxy groups -OCH3 is 1. The van der Waals surface area contributed by atoms with E-state index in [-0.39, 0.29) is 22.6 Å². The Balaban J connectivity index is 1.90. The van der Waals surface area contributed by atoms with E-state index in [0.717, 1.165) is 0 Å². The second kappa shape index (κ2) is 10.00. The molecule has 1 unspecified atom stereocenters. The average molecular weight is 491 g/mol. The van der Waals surface area contributed by atoms with E-state index in [4.69, 9.17) is 4.74 Å². The van der Waals surface area contributed by atoms with Gasteiger partial charge in [-0.1, -0.05) is 12.1 Å². The van der Waals surface area contributed by atoms with Gasteiger partial charge in [0, 0.05) is 17.3 Å². The number of alkyl halides is 5. The zero-order chi connectivity index (χ0) is 25.1. The fraction of sp³-hybridized carbons (Fsp3) is 0.167. The minimum absolute atomic E-state index is 0.0537. The largest absolute Gasteiger partial charge is 0.497 e. The quantitative estimate of drug-likeness (QED) is 0.256. The SMILES string of the molecule is COc1ccc(-n2cc3ccc(NC(F)C(F)F)nc3c(-c3ccc(OC(F)F)cc3)c2=O)cc1. The van der Waals surface area contributed by atoms with Crippen molar-refractivity contribution in [1.82, 2.24) is 9.55 Å². The van der Waals surface area contributed by atoms with Crippen LogP contribution in [0.5, 0.6) is 11.5 Å². The van der Waals surface area contributed by atoms with Crippen molar-refractivity contribution in [3.8, 4) is 28.3 Å². The molecule has 1 atom stereocenters. The van der Waals surface area contributed by atoms with E-state index in [2.05, 4.69) is 9.72 Å². The number of nitrogens with zero attached hydrogens (tertiary/aromatic N) is 2. The minimum atomic E-state index is -3.28. The Morgan fingerprint density at radius 3 is 2.14 bits per heavy atom. The van der Waals surface area contributed by atoms with Crippen molar-refractivity contribution in [2.45, 2.75) is 19.3 Å². The van der Waals surface area contributed by atoms with Gasteiger partial charge in [-0.05, 0) is 54.1 Å². The summed E-state index contributed by atoms with van der Waals surface area (Å²) >= 11 is 0. The fourth-order valence-electron chi connectivity index (χ4n) is 3.48. The van der Waals surface area contributed by atoms with Crippen LogP contribution < -0.4 is 20.3 Å². The van der Waals surface area contributed by atoms with Gasteiger partial charge in [0.1, 0.15) is 17.3 Å². The van der Waals surface area contributed by atoms with Gasteiger partial charge < -0.3 is 14.8 Å². The van der Waals surface area contributed by atoms with Crippen LogP contribution in [-0.4, -0.2) is 36.0 Å². The Bertz CT molecular complexity index is 1380. The van der Waals surface area contributed by atoms with E-state index in [0.29, 0.717) is 22.4 Å². The zero-order valence-electron chi connectivity index (χ0n) is 18.1. The molecule has 35 heavy (non-hydrogen) atoms. The number of aromatic nitrogens is 2. The van der Waals surface area contributed by atoms with Crippen LogP contribution in [0, 0.1) is 0 Å². The van der Waals surface area contributed by atoms with Crippen molar-refractivity contribution in [3.05, 3.63) is 77.2 Å². The predicted octanol–water partition coefficient (Wildman–Crippen LogP) is 5.64. The van der Waals surface area contributed by atoms with Gasteiger partial charge in [0.2, 0.25) is 6.30 Å². The number of fused-ring (bicyclic) bond motifs is 1. The summed E-state index contributed by atoms with van der Waals surface area (Å²) in [5, 5.41) is 2.41. The van der Waals surface area contributed by atoms with Gasteiger partial charge in [0.25, 0.3) is 12.0 Å². The summed E-state index contributed by atoms with van der Waals surface area (Å²) in [5.74, 6) is 0.257. The Kier molecular flexibility index (Phi) is 6.85. The topological polar surface area (TPSA) is 65.4 Å². The number of halogens is 5. The van der Waals surface area contributed by atoms with Crippen LogP contribution >= 0.6 is 0 Å². The highest BCUT2D eigenvalue weighted by Gasteiger charge is 2.21. The van der Waals surface area contributed by atoms with E-state index in [1.165, 1.54) is 54.3 Å². The highest BCUT2D eigenvalue weighted by molar-refractivity contribution is 5.94. The van der Waals surface area contributed by atoms with E-state index < -0.39 is 24.9 Å². The Morgan fingerprint density at radius 2 is 1.54 bits per heavy atom. The van der Waals surface area contributed by atoms with Crippen LogP contribution in [0.25, 0.3) is 27.7 Å². The van der Waals surface area contributed by atoms with Crippen LogP contribution in [-0.2, 0) is 0 Å². The van der Waals surface area contributed by atoms with Gasteiger partial charge in [-0.25, -0.2) is 18.2 Å². The summed E-state index contributed by atoms with van der Waals surface area (Å²) < 4.78 is 74.8. The standard InChI is InChI=1S/C24H18F5N3O3/c1-34-16-9-5-15(6-10-16)32-12-14-4-11-18(31-22(27)21(25)26)30-20(14)19(23(32)33)13-2-7-17(8-3-13)35-24(28)29/h2-12,21-22,24H,1H3,(H,30,31). The third-order valence-electron chi connectivity index (χ3n) is 5.09. The zero-order valence-corrected chi connectivity index (χ0v) is 18.1. The first kappa shape index (κ1) is 24.0. The summed E-state index contributed by atoms with van der Waals surface area (Å²) in [4.78, 5) is 17.8. The lowest BCUT2D eigenvalue weighted by molar-refractivity contribution is -0.0498. The first-order valence-corrected chi connectivity index (χ1v) is 10.2. The molecule has 0 radical (unpaired) electrons. The summed E-state index contributed by atoms with van der Waals surface area (Å²) in [6, 6.07) is 14.8. The Labute approximate surface area is 195 Å². The van der Waals surface area contributed by atoms with Crippen LogP contribution in [0.2, 0.25) is 0 Å². The number of rotatable bonds is 8. The summed E-state index contributed by atoms with van der Waals surface area (Å²) in [6.45, 7) is -3.02. The molecule has 6 nitrogen and oxygen atoms in total. The fourth-order valence-corrected chi connectivity index (χ4v) is 3.48. The molecule has 1 N–H and O–H groups in total. The number of hydrogen-bond donors (Lipinski definition) is 1. The van der Waals surface area contributed by atoms with Crippen LogP contribution in [0.15, 0.2) is 71.7 Å². The van der Waals surface area contributed by atoms with Gasteiger partial charge in [-0.3, -0.25) is 9.36 Å². The number of hydrogen-bond acceptors (Lipinski definition) is 5. The Hall–Kier alpha value is -4.15. The third-order valence-corrected chi connectivity index (χ3v) is 5.09. The van der Waals surface area contributed by atoms with Crippen LogP contribution in [0.3, 0.4) is 0 Å². The molecule has 0 aliphatic heterocycles. The van der Waals surface area contributed by atoms with Crippen molar-refractivity contribution in [2.75, 3.05) is 12.4 Å². The lowest BCUT2D eigenvalue weighted by atomic mass is 10.0. The molecule has 0 bridgehead atoms. The Morgan fingerprint density at radius 1 is 0.886 bits per heavy atom. The number of ether oxygens (including phenoxy) is 2. The van der Waals surface area contributed by atoms with Crippen molar-refractivity contribution < 1.29 is 31.4 Å². The maximum Gasteiger partial charge on any atom is 0.387 e. The number of anilines is 1. The molecular weight excluding hydrogens is 473 g/mol. The molecule has 11 heteroatoms. The van der Waals surface area contributed by atoms with Crippen molar-refractivity contribution in [2.24, 2.45) is 0 Å². The smallest absolute Gasteiger partial charge is 0.387 e. The van der Waals surface area contributed by atoms with Crippen LogP contribution in [0.1, 0.15) is 0 Å². The molecule has 2 heterocycles. The van der Waals surface area contributed by atoms with Gasteiger partial charge in [-0.2, -0.15) is 8.78 Å². The summed E-state index contributed by atoms with van der Waals surface area (Å²) in [7, 11) is 1.50. The maximum atomic E-state index is 13.6. The highest BCUT2D eigenvalue weighted by Crippen LogP contribution is 2.29. The van der Waals surface area contributed by atoms with Crippen LogP contribution in [0.4, 0.5) is 27.8 Å². The van der Waals surface area contributed by atoms with E-state index in [1.54, 1.807) is 24.3 Å². The van der Waals surface area contributed by atoms with Crippen molar-refractivity contribution in [1.29, 1.82) is 0 Å². The number of nitrogens with one attached hydrogen (secondary N) is 1. The molecular formula is C24H18F5N3O3. The minimum Gasteiger partial charge on any atom is -0.497 e. The van der Waals surface area contributed by atoms with Crippen molar-refractivity contribution in [3.63, 3.8) is 0 Å². The molecule has 0 spiro atoms. The lowest BCUT2D eigenvalue weighted by Gasteiger charge is -2.15. The highest BCUT2D eigenvalue weighted by atomic mass is 19.3. The number of benzene rings is 2. The molecule has 0 fully saturated rings. The van der Waals surface area contributed by atoms with E-state index in [1.807, 2.05) is 5.32 Å². The normalized spacial score (nSPS) is 12.2. The molecule has 4 rings (SSSR count). The molecule has 182 valence electrons. The molecule has 0 saturated heterocycles. The maximum absolute atomic E-state index is 13.6. The molecule has 0 amide bonds. The molecule has 2 aromatic heterocycles. The van der Waals surface area contributed by atoms with Gasteiger partial charge in [0.05, 0.1) is 18.2 Å². The third kappa shape index (κ3) is 5.18. The second-order valence-corrected chi connectivity index (χ2v) is 7.30. The molecule has 4 aromatic rings. The molecule has 0 aliphatic carbocycles. The van der Waals surface area contributed by atoms with Gasteiger partial charge in [-0.15, -0.1) is 0 Å².